The Kier molecular flexibility index (Phi) is 4.57. The summed E-state index contributed by atoms with van der Waals surface area (Å²) in [5.74, 6) is 0.180. The Balaban J connectivity index is 2.14. The summed E-state index contributed by atoms with van der Waals surface area (Å²) in [7, 11) is 0. The van der Waals surface area contributed by atoms with Crippen LogP contribution in [0, 0.1) is 11.3 Å². The van der Waals surface area contributed by atoms with E-state index in [1.165, 1.54) is 6.42 Å². The number of anilines is 1. The monoisotopic (exact) mass is 343 g/mol. The van der Waals surface area contributed by atoms with Crippen molar-refractivity contribution in [3.63, 3.8) is 0 Å². The van der Waals surface area contributed by atoms with Gasteiger partial charge >= 0.3 is 0 Å². The van der Waals surface area contributed by atoms with Gasteiger partial charge in [0.25, 0.3) is 0 Å². The number of halogens is 2. The van der Waals surface area contributed by atoms with Gasteiger partial charge < -0.3 is 5.32 Å². The van der Waals surface area contributed by atoms with Crippen molar-refractivity contribution in [1.29, 1.82) is 0 Å². The topological polar surface area (TPSA) is 29.1 Å². The molecule has 1 amide bonds. The van der Waals surface area contributed by atoms with Crippen LogP contribution in [-0.4, -0.2) is 5.91 Å². The van der Waals surface area contributed by atoms with Crippen LogP contribution in [0.2, 0.25) is 5.02 Å². The molecule has 4 heteroatoms. The summed E-state index contributed by atoms with van der Waals surface area (Å²) >= 11 is 9.41. The maximum absolute atomic E-state index is 12.5. The summed E-state index contributed by atoms with van der Waals surface area (Å²) < 4.78 is 0.860. The first kappa shape index (κ1) is 14.9. The molecular weight excluding hydrogens is 326 g/mol. The lowest BCUT2D eigenvalue weighted by molar-refractivity contribution is -0.124. The molecule has 0 spiro atoms. The molecule has 0 aliphatic heterocycles. The second-order valence-electron chi connectivity index (χ2n) is 5.90. The van der Waals surface area contributed by atoms with Gasteiger partial charge in [-0.05, 0) is 52.4 Å². The maximum Gasteiger partial charge on any atom is 0.228 e. The van der Waals surface area contributed by atoms with Crippen molar-refractivity contribution in [3.8, 4) is 0 Å². The molecule has 1 aliphatic rings. The molecule has 1 fully saturated rings. The second kappa shape index (κ2) is 5.84. The number of hydrogen-bond donors (Lipinski definition) is 1. The third-order valence-electron chi connectivity index (χ3n) is 4.01. The molecule has 19 heavy (non-hydrogen) atoms. The Labute approximate surface area is 128 Å². The summed E-state index contributed by atoms with van der Waals surface area (Å²) in [6.07, 6.45) is 4.44. The van der Waals surface area contributed by atoms with Gasteiger partial charge in [0.05, 0.1) is 5.69 Å². The fourth-order valence-corrected chi connectivity index (χ4v) is 3.31. The summed E-state index contributed by atoms with van der Waals surface area (Å²) in [4.78, 5) is 12.5. The summed E-state index contributed by atoms with van der Waals surface area (Å²) in [6.45, 7) is 4.37. The molecule has 2 rings (SSSR count). The van der Waals surface area contributed by atoms with E-state index in [4.69, 9.17) is 11.6 Å². The van der Waals surface area contributed by atoms with E-state index in [0.717, 1.165) is 29.4 Å². The van der Waals surface area contributed by atoms with Gasteiger partial charge in [-0.1, -0.05) is 38.3 Å². The Morgan fingerprint density at radius 2 is 2.16 bits per heavy atom. The van der Waals surface area contributed by atoms with Crippen molar-refractivity contribution in [2.24, 2.45) is 11.3 Å². The Morgan fingerprint density at radius 3 is 2.84 bits per heavy atom. The number of carbonyl (C=O) groups is 1. The zero-order valence-corrected chi connectivity index (χ0v) is 13.6. The molecule has 0 heterocycles. The molecule has 1 unspecified atom stereocenters. The molecule has 1 aromatic carbocycles. The first-order valence-corrected chi connectivity index (χ1v) is 7.83. The molecule has 0 saturated heterocycles. The number of hydrogen-bond acceptors (Lipinski definition) is 1. The first-order valence-electron chi connectivity index (χ1n) is 6.66. The average Bonchev–Trinajstić information content (AvgIpc) is 2.33. The minimum absolute atomic E-state index is 0.0760. The van der Waals surface area contributed by atoms with Crippen LogP contribution >= 0.6 is 27.5 Å². The third-order valence-corrected chi connectivity index (χ3v) is 4.94. The normalized spacial score (nSPS) is 22.0. The Hall–Kier alpha value is -0.540. The fraction of sp³-hybridized carbons (Fsp3) is 0.533. The lowest BCUT2D eigenvalue weighted by Crippen LogP contribution is -2.37. The quantitative estimate of drug-likeness (QED) is 0.779. The van der Waals surface area contributed by atoms with Crippen LogP contribution in [0.1, 0.15) is 39.5 Å². The number of amides is 1. The second-order valence-corrected chi connectivity index (χ2v) is 7.19. The highest BCUT2D eigenvalue weighted by atomic mass is 79.9. The van der Waals surface area contributed by atoms with Gasteiger partial charge in [-0.3, -0.25) is 4.79 Å². The predicted molar refractivity (Wildman–Crippen MR) is 83.5 cm³/mol. The summed E-state index contributed by atoms with van der Waals surface area (Å²) in [5.41, 5.74) is 0.826. The van der Waals surface area contributed by atoms with E-state index >= 15 is 0 Å². The van der Waals surface area contributed by atoms with E-state index in [-0.39, 0.29) is 17.2 Å². The fourth-order valence-electron chi connectivity index (χ4n) is 2.79. The molecule has 0 bridgehead atoms. The highest BCUT2D eigenvalue weighted by Gasteiger charge is 2.37. The van der Waals surface area contributed by atoms with E-state index in [1.54, 1.807) is 12.1 Å². The van der Waals surface area contributed by atoms with Crippen LogP contribution in [0.4, 0.5) is 5.69 Å². The van der Waals surface area contributed by atoms with Gasteiger partial charge in [-0.15, -0.1) is 0 Å². The van der Waals surface area contributed by atoms with Crippen molar-refractivity contribution in [1.82, 2.24) is 0 Å². The highest BCUT2D eigenvalue weighted by molar-refractivity contribution is 9.10. The lowest BCUT2D eigenvalue weighted by atomic mass is 9.68. The number of rotatable bonds is 2. The smallest absolute Gasteiger partial charge is 0.228 e. The molecule has 1 atom stereocenters. The Morgan fingerprint density at radius 1 is 1.42 bits per heavy atom. The van der Waals surface area contributed by atoms with Gasteiger partial charge in [0.15, 0.2) is 0 Å². The van der Waals surface area contributed by atoms with Crippen LogP contribution in [-0.2, 0) is 4.79 Å². The molecule has 0 aromatic heterocycles. The van der Waals surface area contributed by atoms with E-state index in [0.29, 0.717) is 5.02 Å². The zero-order chi connectivity index (χ0) is 14.0. The maximum atomic E-state index is 12.5. The highest BCUT2D eigenvalue weighted by Crippen LogP contribution is 2.41. The van der Waals surface area contributed by atoms with E-state index in [9.17, 15) is 4.79 Å². The Bertz CT molecular complexity index is 487. The molecular formula is C15H19BrClNO. The minimum Gasteiger partial charge on any atom is -0.325 e. The number of carbonyl (C=O) groups excluding carboxylic acids is 1. The first-order chi connectivity index (χ1) is 8.90. The van der Waals surface area contributed by atoms with Crippen molar-refractivity contribution in [2.45, 2.75) is 39.5 Å². The predicted octanol–water partition coefficient (Wildman–Crippen LogP) is 5.26. The van der Waals surface area contributed by atoms with Crippen molar-refractivity contribution < 1.29 is 4.79 Å². The summed E-state index contributed by atoms with van der Waals surface area (Å²) in [6, 6.07) is 5.43. The number of nitrogens with one attached hydrogen (secondary N) is 1. The molecule has 1 N–H and O–H groups in total. The lowest BCUT2D eigenvalue weighted by Gasteiger charge is -2.37. The van der Waals surface area contributed by atoms with E-state index in [1.807, 2.05) is 6.07 Å². The molecule has 104 valence electrons. The van der Waals surface area contributed by atoms with Gasteiger partial charge in [0, 0.05) is 15.4 Å². The van der Waals surface area contributed by atoms with Crippen molar-refractivity contribution in [2.75, 3.05) is 5.32 Å². The van der Waals surface area contributed by atoms with E-state index in [2.05, 4.69) is 35.1 Å². The third kappa shape index (κ3) is 3.51. The minimum atomic E-state index is 0.0760. The number of benzene rings is 1. The molecule has 1 aliphatic carbocycles. The van der Waals surface area contributed by atoms with E-state index < -0.39 is 0 Å². The van der Waals surface area contributed by atoms with Crippen molar-refractivity contribution in [3.05, 3.63) is 27.7 Å². The van der Waals surface area contributed by atoms with Crippen LogP contribution in [0.3, 0.4) is 0 Å². The van der Waals surface area contributed by atoms with Gasteiger partial charge in [0.1, 0.15) is 0 Å². The molecule has 2 nitrogen and oxygen atoms in total. The van der Waals surface area contributed by atoms with Crippen LogP contribution in [0.5, 0.6) is 0 Å². The van der Waals surface area contributed by atoms with Gasteiger partial charge in [-0.25, -0.2) is 0 Å². The van der Waals surface area contributed by atoms with Gasteiger partial charge in [-0.2, -0.15) is 0 Å². The standard InChI is InChI=1S/C15H19BrClNO/c1-15(2)8-4-3-5-11(15)14(19)18-13-9-10(17)6-7-12(13)16/h6-7,9,11H,3-5,8H2,1-2H3,(H,18,19). The van der Waals surface area contributed by atoms with Gasteiger partial charge in [0.2, 0.25) is 5.91 Å². The van der Waals surface area contributed by atoms with Crippen LogP contribution in [0.25, 0.3) is 0 Å². The SMILES string of the molecule is CC1(C)CCCCC1C(=O)Nc1cc(Cl)ccc1Br. The van der Waals surface area contributed by atoms with Crippen LogP contribution < -0.4 is 5.32 Å². The molecule has 0 radical (unpaired) electrons. The largest absolute Gasteiger partial charge is 0.325 e. The zero-order valence-electron chi connectivity index (χ0n) is 11.3. The molecule has 1 aromatic rings. The summed E-state index contributed by atoms with van der Waals surface area (Å²) in [5, 5.41) is 3.63. The average molecular weight is 345 g/mol. The van der Waals surface area contributed by atoms with Crippen molar-refractivity contribution >= 4 is 39.1 Å². The van der Waals surface area contributed by atoms with Crippen LogP contribution in [0.15, 0.2) is 22.7 Å². The molecule has 1 saturated carbocycles.